The molecule has 12 heteroatoms. The molecule has 39 heavy (non-hydrogen) atoms. The molecule has 2 aromatic heterocycles. The van der Waals surface area contributed by atoms with E-state index in [1.807, 2.05) is 0 Å². The molecule has 0 spiro atoms. The lowest BCUT2D eigenvalue weighted by Gasteiger charge is -2.42. The molecule has 7 rings (SSSR count). The third kappa shape index (κ3) is 3.05. The van der Waals surface area contributed by atoms with E-state index in [4.69, 9.17) is 9.47 Å². The molecule has 4 heterocycles. The highest BCUT2D eigenvalue weighted by molar-refractivity contribution is 6.39. The largest absolute Gasteiger partial charge is 0.508 e. The summed E-state index contributed by atoms with van der Waals surface area (Å²) in [6.45, 7) is -0.510. The van der Waals surface area contributed by atoms with E-state index in [9.17, 15) is 35.1 Å². The molecule has 5 atom stereocenters. The number of rotatable bonds is 3. The topological polar surface area (TPSA) is 186 Å². The van der Waals surface area contributed by atoms with Gasteiger partial charge in [0.2, 0.25) is 0 Å². The van der Waals surface area contributed by atoms with Crippen LogP contribution in [-0.2, 0) is 9.47 Å². The Kier molecular flexibility index (Phi) is 4.99. The van der Waals surface area contributed by atoms with Crippen LogP contribution in [-0.4, -0.2) is 85.0 Å². The summed E-state index contributed by atoms with van der Waals surface area (Å²) in [4.78, 5) is 29.6. The van der Waals surface area contributed by atoms with Crippen LogP contribution in [0.3, 0.4) is 0 Å². The summed E-state index contributed by atoms with van der Waals surface area (Å²) >= 11 is 0. The van der Waals surface area contributed by atoms with Gasteiger partial charge in [0.15, 0.2) is 6.23 Å². The second-order valence-corrected chi connectivity index (χ2v) is 9.86. The van der Waals surface area contributed by atoms with Crippen LogP contribution >= 0.6 is 0 Å². The van der Waals surface area contributed by atoms with Crippen molar-refractivity contribution in [2.45, 2.75) is 30.6 Å². The second-order valence-electron chi connectivity index (χ2n) is 9.86. The monoisotopic (exact) mass is 533 g/mol. The number of nitrogens with zero attached hydrogens (tertiary/aromatic N) is 1. The van der Waals surface area contributed by atoms with Crippen LogP contribution in [0.1, 0.15) is 26.9 Å². The zero-order valence-corrected chi connectivity index (χ0v) is 20.4. The molecular formula is C27H23N3O9. The lowest BCUT2D eigenvalue weighted by atomic mass is 9.96. The van der Waals surface area contributed by atoms with Crippen LogP contribution in [0.15, 0.2) is 36.4 Å². The fourth-order valence-electron chi connectivity index (χ4n) is 6.19. The van der Waals surface area contributed by atoms with Gasteiger partial charge < -0.3 is 44.6 Å². The number of phenolic OH excluding ortho intramolecular Hbond substituents is 2. The number of aliphatic hydroxyl groups is 3. The Balaban J connectivity index is 1.69. The minimum atomic E-state index is -1.53. The summed E-state index contributed by atoms with van der Waals surface area (Å²) in [6.07, 6.45) is -6.25. The number of aromatic amines is 1. The van der Waals surface area contributed by atoms with Crippen molar-refractivity contribution in [1.82, 2.24) is 14.9 Å². The van der Waals surface area contributed by atoms with Crippen LogP contribution in [0.25, 0.3) is 43.6 Å². The number of hydrogen-bond donors (Lipinski definition) is 7. The summed E-state index contributed by atoms with van der Waals surface area (Å²) in [7, 11) is 1.33. The third-order valence-electron chi connectivity index (χ3n) is 7.80. The van der Waals surface area contributed by atoms with E-state index in [1.165, 1.54) is 31.4 Å². The zero-order chi connectivity index (χ0) is 27.3. The van der Waals surface area contributed by atoms with Gasteiger partial charge in [0, 0.05) is 34.2 Å². The molecule has 2 aliphatic rings. The highest BCUT2D eigenvalue weighted by atomic mass is 16.6. The van der Waals surface area contributed by atoms with Gasteiger partial charge >= 0.3 is 0 Å². The van der Waals surface area contributed by atoms with E-state index in [0.717, 1.165) is 0 Å². The van der Waals surface area contributed by atoms with Gasteiger partial charge in [-0.25, -0.2) is 0 Å². The second kappa shape index (κ2) is 8.15. The van der Waals surface area contributed by atoms with E-state index >= 15 is 0 Å². The number of aromatic hydroxyl groups is 2. The van der Waals surface area contributed by atoms with Crippen molar-refractivity contribution < 1.29 is 44.6 Å². The summed E-state index contributed by atoms with van der Waals surface area (Å²) in [5.74, 6) is -1.39. The van der Waals surface area contributed by atoms with E-state index in [0.29, 0.717) is 43.6 Å². The maximum Gasteiger partial charge on any atom is 0.259 e. The summed E-state index contributed by atoms with van der Waals surface area (Å²) in [5.41, 5.74) is 1.94. The Bertz CT molecular complexity index is 1870. The molecule has 1 fully saturated rings. The van der Waals surface area contributed by atoms with Gasteiger partial charge in [-0.1, -0.05) is 0 Å². The van der Waals surface area contributed by atoms with E-state index in [1.54, 1.807) is 16.7 Å². The van der Waals surface area contributed by atoms with Crippen molar-refractivity contribution in [3.8, 4) is 11.5 Å². The molecule has 1 saturated heterocycles. The van der Waals surface area contributed by atoms with Crippen molar-refractivity contribution in [2.24, 2.45) is 0 Å². The number of amides is 2. The number of aliphatic hydroxyl groups excluding tert-OH is 3. The van der Waals surface area contributed by atoms with Gasteiger partial charge in [-0.3, -0.25) is 14.9 Å². The molecule has 2 aliphatic heterocycles. The number of methoxy groups -OCH3 is 1. The number of fused-ring (bicyclic) bond motifs is 10. The quantitative estimate of drug-likeness (QED) is 0.168. The third-order valence-corrected chi connectivity index (χ3v) is 7.80. The maximum absolute atomic E-state index is 13.2. The van der Waals surface area contributed by atoms with E-state index < -0.39 is 49.1 Å². The first-order valence-electron chi connectivity index (χ1n) is 12.2. The van der Waals surface area contributed by atoms with Crippen molar-refractivity contribution in [3.05, 3.63) is 47.5 Å². The predicted molar refractivity (Wildman–Crippen MR) is 138 cm³/mol. The van der Waals surface area contributed by atoms with Crippen molar-refractivity contribution in [2.75, 3.05) is 13.7 Å². The fraction of sp³-hybridized carbons (Fsp3) is 0.259. The molecule has 5 aromatic rings. The number of imide groups is 1. The average Bonchev–Trinajstić information content (AvgIpc) is 3.54. The Labute approximate surface area is 218 Å². The zero-order valence-electron chi connectivity index (χ0n) is 20.4. The number of benzene rings is 3. The molecule has 2 amide bonds. The first kappa shape index (κ1) is 23.9. The van der Waals surface area contributed by atoms with Crippen molar-refractivity contribution >= 4 is 55.4 Å². The first-order valence-corrected chi connectivity index (χ1v) is 12.2. The summed E-state index contributed by atoms with van der Waals surface area (Å²) < 4.78 is 13.0. The number of carbonyl (C=O) groups is 2. The van der Waals surface area contributed by atoms with Gasteiger partial charge in [-0.2, -0.15) is 0 Å². The Morgan fingerprint density at radius 2 is 1.62 bits per heavy atom. The Hall–Kier alpha value is -4.20. The number of H-pyrrole nitrogens is 1. The lowest BCUT2D eigenvalue weighted by molar-refractivity contribution is -0.255. The van der Waals surface area contributed by atoms with Gasteiger partial charge in [-0.15, -0.1) is 0 Å². The number of nitrogens with one attached hydrogen (secondary N) is 2. The molecule has 3 aromatic carbocycles. The number of ether oxygens (including phenoxy) is 2. The highest BCUT2D eigenvalue weighted by Crippen LogP contribution is 2.47. The number of aromatic nitrogens is 2. The molecular weight excluding hydrogens is 510 g/mol. The van der Waals surface area contributed by atoms with Crippen molar-refractivity contribution in [1.29, 1.82) is 0 Å². The van der Waals surface area contributed by atoms with E-state index in [2.05, 4.69) is 10.3 Å². The van der Waals surface area contributed by atoms with E-state index in [-0.39, 0.29) is 22.6 Å². The Morgan fingerprint density at radius 1 is 0.949 bits per heavy atom. The fourth-order valence-corrected chi connectivity index (χ4v) is 6.19. The van der Waals surface area contributed by atoms with Crippen LogP contribution < -0.4 is 5.32 Å². The van der Waals surface area contributed by atoms with Crippen LogP contribution in [0, 0.1) is 0 Å². The van der Waals surface area contributed by atoms with Crippen molar-refractivity contribution in [3.63, 3.8) is 0 Å². The maximum atomic E-state index is 13.2. The molecule has 0 unspecified atom stereocenters. The molecule has 200 valence electrons. The SMILES string of the molecule is CO[C@H]1[C@H](O)[C@@H](O)[C@H](n2c3ccc(O)cc3c3c4c(c5c6cc(O)ccc6[nH]c5c32)C(=O)NC4=O)O[C@@H]1CO. The average molecular weight is 533 g/mol. The van der Waals surface area contributed by atoms with Crippen LogP contribution in [0.2, 0.25) is 0 Å². The van der Waals surface area contributed by atoms with Gasteiger partial charge in [0.25, 0.3) is 11.8 Å². The summed E-state index contributed by atoms with van der Waals surface area (Å²) in [6, 6.07) is 9.04. The lowest BCUT2D eigenvalue weighted by Crippen LogP contribution is -2.57. The van der Waals surface area contributed by atoms with Crippen LogP contribution in [0.4, 0.5) is 0 Å². The minimum Gasteiger partial charge on any atom is -0.508 e. The summed E-state index contributed by atoms with van der Waals surface area (Å²) in [5, 5.41) is 56.7. The molecule has 0 saturated carbocycles. The first-order chi connectivity index (χ1) is 18.7. The molecule has 7 N–H and O–H groups in total. The molecule has 0 radical (unpaired) electrons. The number of phenols is 2. The normalized spacial score (nSPS) is 25.3. The highest BCUT2D eigenvalue weighted by Gasteiger charge is 2.47. The standard InChI is InChI=1S/C27H23N3O9/c1-38-24-15(8-31)39-27(23(35)22(24)34)30-14-5-3-10(33)7-12(14)17-19-18(25(36)29-26(19)37)16-11-6-9(32)2-4-13(11)28-20(16)21(17)30/h2-7,15,22-24,27-28,31-35H,8H2,1H3,(H,29,36,37)/t15-,22-,23-,24-,27-/m1/s1. The molecule has 0 bridgehead atoms. The Morgan fingerprint density at radius 3 is 2.31 bits per heavy atom. The van der Waals surface area contributed by atoms with Gasteiger partial charge in [-0.05, 0) is 36.4 Å². The van der Waals surface area contributed by atoms with Gasteiger partial charge in [0.05, 0.1) is 34.3 Å². The predicted octanol–water partition coefficient (Wildman–Crippen LogP) is 1.35. The number of hydrogen-bond acceptors (Lipinski definition) is 9. The smallest absolute Gasteiger partial charge is 0.259 e. The molecule has 12 nitrogen and oxygen atoms in total. The minimum absolute atomic E-state index is 0.0435. The van der Waals surface area contributed by atoms with Crippen LogP contribution in [0.5, 0.6) is 11.5 Å². The molecule has 0 aliphatic carbocycles. The number of carbonyl (C=O) groups excluding carboxylic acids is 2. The van der Waals surface area contributed by atoms with Gasteiger partial charge in [0.1, 0.15) is 35.9 Å².